The lowest BCUT2D eigenvalue weighted by atomic mass is 10.2. The van der Waals surface area contributed by atoms with Crippen molar-refractivity contribution in [3.63, 3.8) is 0 Å². The van der Waals surface area contributed by atoms with Gasteiger partial charge < -0.3 is 10.1 Å². The SMILES string of the molecule is COC(=O)c1ccsc1NC(=O)[C@H]1CCCN1S(=O)(=O)c1cccs1. The van der Waals surface area contributed by atoms with Gasteiger partial charge in [-0.1, -0.05) is 6.07 Å². The molecule has 0 bridgehead atoms. The molecule has 2 aromatic heterocycles. The predicted octanol–water partition coefficient (Wildman–Crippen LogP) is 2.39. The van der Waals surface area contributed by atoms with Crippen LogP contribution in [0.15, 0.2) is 33.2 Å². The lowest BCUT2D eigenvalue weighted by Crippen LogP contribution is -2.42. The van der Waals surface area contributed by atoms with Crippen molar-refractivity contribution in [1.29, 1.82) is 0 Å². The molecule has 25 heavy (non-hydrogen) atoms. The Hall–Kier alpha value is -1.75. The summed E-state index contributed by atoms with van der Waals surface area (Å²) >= 11 is 2.31. The topological polar surface area (TPSA) is 92.8 Å². The second-order valence-electron chi connectivity index (χ2n) is 5.35. The molecule has 1 saturated heterocycles. The maximum absolute atomic E-state index is 12.7. The van der Waals surface area contributed by atoms with Gasteiger partial charge in [0.2, 0.25) is 5.91 Å². The minimum atomic E-state index is -3.70. The van der Waals surface area contributed by atoms with Crippen molar-refractivity contribution in [1.82, 2.24) is 4.31 Å². The first-order valence-corrected chi connectivity index (χ1v) is 10.7. The summed E-state index contributed by atoms with van der Waals surface area (Å²) < 4.78 is 31.6. The minimum absolute atomic E-state index is 0.221. The fraction of sp³-hybridized carbons (Fsp3) is 0.333. The van der Waals surface area contributed by atoms with Gasteiger partial charge in [-0.25, -0.2) is 13.2 Å². The van der Waals surface area contributed by atoms with E-state index >= 15 is 0 Å². The van der Waals surface area contributed by atoms with Crippen molar-refractivity contribution in [2.45, 2.75) is 23.1 Å². The molecular weight excluding hydrogens is 384 g/mol. The number of hydrogen-bond donors (Lipinski definition) is 1. The quantitative estimate of drug-likeness (QED) is 0.778. The van der Waals surface area contributed by atoms with E-state index in [1.165, 1.54) is 28.8 Å². The Kier molecular flexibility index (Phi) is 5.23. The second-order valence-corrected chi connectivity index (χ2v) is 9.33. The average molecular weight is 401 g/mol. The van der Waals surface area contributed by atoms with Crippen LogP contribution in [0.3, 0.4) is 0 Å². The Labute approximate surface area is 153 Å². The minimum Gasteiger partial charge on any atom is -0.465 e. The molecule has 0 spiro atoms. The molecule has 1 amide bonds. The Balaban J connectivity index is 1.80. The van der Waals surface area contributed by atoms with Gasteiger partial charge >= 0.3 is 5.97 Å². The van der Waals surface area contributed by atoms with Crippen molar-refractivity contribution in [3.05, 3.63) is 34.5 Å². The number of rotatable bonds is 5. The number of nitrogens with one attached hydrogen (secondary N) is 1. The molecule has 1 N–H and O–H groups in total. The highest BCUT2D eigenvalue weighted by Gasteiger charge is 2.40. The number of sulfonamides is 1. The number of ether oxygens (including phenoxy) is 1. The molecule has 1 aliphatic rings. The molecule has 10 heteroatoms. The maximum Gasteiger partial charge on any atom is 0.340 e. The Bertz CT molecular complexity index is 873. The molecule has 3 heterocycles. The zero-order valence-electron chi connectivity index (χ0n) is 13.3. The Morgan fingerprint density at radius 1 is 1.28 bits per heavy atom. The van der Waals surface area contributed by atoms with Gasteiger partial charge in [0.1, 0.15) is 15.3 Å². The Morgan fingerprint density at radius 2 is 2.08 bits per heavy atom. The number of carbonyl (C=O) groups excluding carboxylic acids is 2. The Morgan fingerprint density at radius 3 is 2.76 bits per heavy atom. The first-order valence-electron chi connectivity index (χ1n) is 7.47. The summed E-state index contributed by atoms with van der Waals surface area (Å²) in [7, 11) is -2.43. The largest absolute Gasteiger partial charge is 0.465 e. The van der Waals surface area contributed by atoms with Crippen LogP contribution < -0.4 is 5.32 Å². The normalized spacial score (nSPS) is 18.2. The highest BCUT2D eigenvalue weighted by Crippen LogP contribution is 2.30. The van der Waals surface area contributed by atoms with Crippen LogP contribution in [0, 0.1) is 0 Å². The number of hydrogen-bond acceptors (Lipinski definition) is 7. The summed E-state index contributed by atoms with van der Waals surface area (Å²) in [5.41, 5.74) is 0.256. The summed E-state index contributed by atoms with van der Waals surface area (Å²) in [4.78, 5) is 24.3. The van der Waals surface area contributed by atoms with E-state index in [0.717, 1.165) is 11.3 Å². The van der Waals surface area contributed by atoms with Crippen LogP contribution in [0.1, 0.15) is 23.2 Å². The lowest BCUT2D eigenvalue weighted by molar-refractivity contribution is -0.119. The third kappa shape index (κ3) is 3.47. The van der Waals surface area contributed by atoms with Gasteiger partial charge in [-0.3, -0.25) is 4.79 Å². The van der Waals surface area contributed by atoms with Crippen LogP contribution >= 0.6 is 22.7 Å². The van der Waals surface area contributed by atoms with E-state index in [1.807, 2.05) is 0 Å². The molecule has 1 fully saturated rings. The first-order chi connectivity index (χ1) is 11.9. The van der Waals surface area contributed by atoms with Gasteiger partial charge in [0.25, 0.3) is 10.0 Å². The molecule has 0 saturated carbocycles. The highest BCUT2D eigenvalue weighted by atomic mass is 32.2. The van der Waals surface area contributed by atoms with E-state index in [-0.39, 0.29) is 9.77 Å². The monoisotopic (exact) mass is 400 g/mol. The van der Waals surface area contributed by atoms with Crippen molar-refractivity contribution >= 4 is 49.6 Å². The summed E-state index contributed by atoms with van der Waals surface area (Å²) in [5.74, 6) is -0.990. The van der Waals surface area contributed by atoms with Crippen LogP contribution in [0.4, 0.5) is 5.00 Å². The smallest absolute Gasteiger partial charge is 0.340 e. The van der Waals surface area contributed by atoms with E-state index in [9.17, 15) is 18.0 Å². The van der Waals surface area contributed by atoms with Crippen molar-refractivity contribution in [2.75, 3.05) is 19.0 Å². The van der Waals surface area contributed by atoms with Gasteiger partial charge in [-0.15, -0.1) is 22.7 Å². The standard InChI is InChI=1S/C15H16N2O5S3/c1-22-15(19)10-6-9-24-14(10)16-13(18)11-4-2-7-17(11)25(20,21)12-5-3-8-23-12/h3,5-6,8-9,11H,2,4,7H2,1H3,(H,16,18)/t11-/m1/s1. The van der Waals surface area contributed by atoms with Gasteiger partial charge in [0.05, 0.1) is 12.7 Å². The van der Waals surface area contributed by atoms with Crippen LogP contribution in [0.25, 0.3) is 0 Å². The van der Waals surface area contributed by atoms with Crippen LogP contribution in [-0.2, 0) is 19.6 Å². The van der Waals surface area contributed by atoms with E-state index in [4.69, 9.17) is 0 Å². The molecule has 0 aliphatic carbocycles. The highest BCUT2D eigenvalue weighted by molar-refractivity contribution is 7.91. The number of nitrogens with zero attached hydrogens (tertiary/aromatic N) is 1. The number of thiophene rings is 2. The fourth-order valence-electron chi connectivity index (χ4n) is 2.69. The van der Waals surface area contributed by atoms with Gasteiger partial charge in [0.15, 0.2) is 0 Å². The third-order valence-corrected chi connectivity index (χ3v) is 7.98. The lowest BCUT2D eigenvalue weighted by Gasteiger charge is -2.22. The molecule has 3 rings (SSSR count). The number of esters is 1. The molecule has 0 unspecified atom stereocenters. The van der Waals surface area contributed by atoms with E-state index in [0.29, 0.717) is 24.4 Å². The van der Waals surface area contributed by atoms with Crippen LogP contribution in [-0.4, -0.2) is 44.3 Å². The van der Waals surface area contributed by atoms with E-state index < -0.39 is 27.9 Å². The summed E-state index contributed by atoms with van der Waals surface area (Å²) in [6, 6.07) is 3.96. The zero-order chi connectivity index (χ0) is 18.0. The predicted molar refractivity (Wildman–Crippen MR) is 95.5 cm³/mol. The molecule has 0 aromatic carbocycles. The number of methoxy groups -OCH3 is 1. The molecule has 7 nitrogen and oxygen atoms in total. The molecular formula is C15H16N2O5S3. The second kappa shape index (κ2) is 7.24. The molecule has 134 valence electrons. The van der Waals surface area contributed by atoms with E-state index in [1.54, 1.807) is 22.9 Å². The van der Waals surface area contributed by atoms with E-state index in [2.05, 4.69) is 10.1 Å². The summed E-state index contributed by atoms with van der Waals surface area (Å²) in [6.45, 7) is 0.298. The maximum atomic E-state index is 12.7. The van der Waals surface area contributed by atoms with Gasteiger partial charge in [0, 0.05) is 6.54 Å². The van der Waals surface area contributed by atoms with Crippen LogP contribution in [0.5, 0.6) is 0 Å². The first kappa shape index (κ1) is 18.1. The van der Waals surface area contributed by atoms with Gasteiger partial charge in [-0.05, 0) is 35.7 Å². The summed E-state index contributed by atoms with van der Waals surface area (Å²) in [5, 5.41) is 6.38. The third-order valence-electron chi connectivity index (χ3n) is 3.87. The fourth-order valence-corrected chi connectivity index (χ4v) is 6.24. The molecule has 2 aromatic rings. The number of amides is 1. The molecule has 1 aliphatic heterocycles. The van der Waals surface area contributed by atoms with Crippen molar-refractivity contribution in [3.8, 4) is 0 Å². The number of carbonyl (C=O) groups is 2. The average Bonchev–Trinajstić information content (AvgIpc) is 3.33. The summed E-state index contributed by atoms with van der Waals surface area (Å²) in [6.07, 6.45) is 1.05. The molecule has 1 atom stereocenters. The van der Waals surface area contributed by atoms with Crippen molar-refractivity contribution in [2.24, 2.45) is 0 Å². The van der Waals surface area contributed by atoms with Crippen molar-refractivity contribution < 1.29 is 22.7 Å². The molecule has 0 radical (unpaired) electrons. The zero-order valence-corrected chi connectivity index (χ0v) is 15.7. The van der Waals surface area contributed by atoms with Gasteiger partial charge in [-0.2, -0.15) is 4.31 Å². The number of anilines is 1. The van der Waals surface area contributed by atoms with Crippen LogP contribution in [0.2, 0.25) is 0 Å².